The van der Waals surface area contributed by atoms with Gasteiger partial charge in [-0.2, -0.15) is 5.10 Å². The van der Waals surface area contributed by atoms with Crippen LogP contribution in [-0.4, -0.2) is 38.2 Å². The van der Waals surface area contributed by atoms with Gasteiger partial charge < -0.3 is 10.6 Å². The van der Waals surface area contributed by atoms with Gasteiger partial charge in [-0.15, -0.1) is 0 Å². The third kappa shape index (κ3) is 3.48. The maximum Gasteiger partial charge on any atom is 0.238 e. The predicted molar refractivity (Wildman–Crippen MR) is 82.4 cm³/mol. The lowest BCUT2D eigenvalue weighted by atomic mass is 10.1. The first-order valence-corrected chi connectivity index (χ1v) is 7.60. The molecule has 1 unspecified atom stereocenters. The van der Waals surface area contributed by atoms with Crippen molar-refractivity contribution in [2.75, 3.05) is 11.9 Å². The highest BCUT2D eigenvalue weighted by Gasteiger charge is 2.21. The number of hydrogen-bond acceptors (Lipinski definition) is 5. The van der Waals surface area contributed by atoms with Crippen LogP contribution in [0.3, 0.4) is 0 Å². The van der Waals surface area contributed by atoms with E-state index in [9.17, 15) is 4.79 Å². The fourth-order valence-electron chi connectivity index (χ4n) is 2.56. The Kier molecular flexibility index (Phi) is 4.43. The number of nitrogens with zero attached hydrogens (tertiary/aromatic N) is 4. The molecule has 7 heteroatoms. The third-order valence-electron chi connectivity index (χ3n) is 3.71. The van der Waals surface area contributed by atoms with Crippen LogP contribution < -0.4 is 10.6 Å². The van der Waals surface area contributed by atoms with E-state index in [1.54, 1.807) is 18.5 Å². The normalized spacial score (nSPS) is 17.0. The van der Waals surface area contributed by atoms with Gasteiger partial charge in [0, 0.05) is 25.1 Å². The fourth-order valence-corrected chi connectivity index (χ4v) is 2.56. The summed E-state index contributed by atoms with van der Waals surface area (Å²) in [5, 5.41) is 10.6. The molecule has 1 atom stereocenters. The lowest BCUT2D eigenvalue weighted by Crippen LogP contribution is -2.41. The molecular formula is C15H20N6O. The van der Waals surface area contributed by atoms with Gasteiger partial charge in [-0.05, 0) is 18.6 Å². The summed E-state index contributed by atoms with van der Waals surface area (Å²) in [6.45, 7) is 3.10. The van der Waals surface area contributed by atoms with E-state index in [-0.39, 0.29) is 18.5 Å². The minimum Gasteiger partial charge on any atom is -0.324 e. The topological polar surface area (TPSA) is 84.7 Å². The molecule has 1 aliphatic rings. The van der Waals surface area contributed by atoms with Gasteiger partial charge >= 0.3 is 0 Å². The summed E-state index contributed by atoms with van der Waals surface area (Å²) in [5.41, 5.74) is 0.712. The highest BCUT2D eigenvalue weighted by Crippen LogP contribution is 2.13. The maximum absolute atomic E-state index is 11.9. The number of hydrogen-bond donors (Lipinski definition) is 2. The van der Waals surface area contributed by atoms with Gasteiger partial charge in [0.2, 0.25) is 5.91 Å². The molecule has 7 nitrogen and oxygen atoms in total. The van der Waals surface area contributed by atoms with Crippen molar-refractivity contribution in [3.63, 3.8) is 0 Å². The first kappa shape index (κ1) is 14.6. The second kappa shape index (κ2) is 6.65. The fraction of sp³-hybridized carbons (Fsp3) is 0.467. The lowest BCUT2D eigenvalue weighted by molar-refractivity contribution is -0.115. The molecule has 0 spiro atoms. The number of amides is 1. The van der Waals surface area contributed by atoms with Gasteiger partial charge in [0.25, 0.3) is 0 Å². The molecule has 2 N–H and O–H groups in total. The first-order valence-electron chi connectivity index (χ1n) is 7.60. The highest BCUT2D eigenvalue weighted by atomic mass is 16.1. The molecule has 0 saturated heterocycles. The smallest absolute Gasteiger partial charge is 0.238 e. The Morgan fingerprint density at radius 2 is 2.41 bits per heavy atom. The van der Waals surface area contributed by atoms with E-state index in [0.29, 0.717) is 5.69 Å². The van der Waals surface area contributed by atoms with E-state index in [1.165, 1.54) is 0 Å². The molecule has 3 heterocycles. The zero-order chi connectivity index (χ0) is 15.4. The van der Waals surface area contributed by atoms with Crippen LogP contribution in [0.15, 0.2) is 24.5 Å². The Bertz CT molecular complexity index is 639. The average molecular weight is 300 g/mol. The monoisotopic (exact) mass is 300 g/mol. The van der Waals surface area contributed by atoms with E-state index < -0.39 is 0 Å². The number of rotatable bonds is 5. The molecular weight excluding hydrogens is 280 g/mol. The van der Waals surface area contributed by atoms with E-state index in [1.807, 2.05) is 10.7 Å². The summed E-state index contributed by atoms with van der Waals surface area (Å²) >= 11 is 0. The van der Waals surface area contributed by atoms with Crippen LogP contribution >= 0.6 is 0 Å². The molecule has 0 radical (unpaired) electrons. The number of carbonyl (C=O) groups is 1. The molecule has 2 aromatic rings. The molecule has 3 rings (SSSR count). The van der Waals surface area contributed by atoms with Gasteiger partial charge in [-0.1, -0.05) is 6.92 Å². The standard InChI is InChI=1S/C15H20N6O/c1-2-13-19-14-6-5-12(10-21(14)20-13)17-9-15(22)18-11-4-3-7-16-8-11/h3-4,7-8,12,17H,2,5-6,9-10H2,1H3,(H,18,22). The number of anilines is 1. The van der Waals surface area contributed by atoms with Crippen molar-refractivity contribution in [1.82, 2.24) is 25.1 Å². The predicted octanol–water partition coefficient (Wildman–Crippen LogP) is 0.779. The van der Waals surface area contributed by atoms with E-state index >= 15 is 0 Å². The van der Waals surface area contributed by atoms with E-state index in [2.05, 4.69) is 32.6 Å². The SMILES string of the molecule is CCc1nc2n(n1)CC(NCC(=O)Nc1cccnc1)CC2. The van der Waals surface area contributed by atoms with Crippen LogP contribution in [-0.2, 0) is 24.2 Å². The maximum atomic E-state index is 11.9. The summed E-state index contributed by atoms with van der Waals surface area (Å²) in [6.07, 6.45) is 6.03. The van der Waals surface area contributed by atoms with Crippen LogP contribution in [0.1, 0.15) is 25.0 Å². The van der Waals surface area contributed by atoms with Crippen LogP contribution in [0, 0.1) is 0 Å². The van der Waals surface area contributed by atoms with Gasteiger partial charge in [0.15, 0.2) is 5.82 Å². The third-order valence-corrected chi connectivity index (χ3v) is 3.71. The number of nitrogens with one attached hydrogen (secondary N) is 2. The van der Waals surface area contributed by atoms with Gasteiger partial charge in [0.1, 0.15) is 5.82 Å². The summed E-state index contributed by atoms with van der Waals surface area (Å²) in [7, 11) is 0. The Morgan fingerprint density at radius 3 is 3.18 bits per heavy atom. The van der Waals surface area contributed by atoms with Crippen molar-refractivity contribution in [1.29, 1.82) is 0 Å². The number of fused-ring (bicyclic) bond motifs is 1. The van der Waals surface area contributed by atoms with Gasteiger partial charge in [-0.3, -0.25) is 9.78 Å². The molecule has 0 aromatic carbocycles. The zero-order valence-corrected chi connectivity index (χ0v) is 12.6. The molecule has 22 heavy (non-hydrogen) atoms. The molecule has 2 aromatic heterocycles. The van der Waals surface area contributed by atoms with Crippen LogP contribution in [0.4, 0.5) is 5.69 Å². The minimum atomic E-state index is -0.0633. The van der Waals surface area contributed by atoms with Crippen molar-refractivity contribution in [2.45, 2.75) is 38.8 Å². The van der Waals surface area contributed by atoms with Crippen molar-refractivity contribution in [2.24, 2.45) is 0 Å². The largest absolute Gasteiger partial charge is 0.324 e. The Labute approximate surface area is 129 Å². The van der Waals surface area contributed by atoms with Crippen molar-refractivity contribution in [3.05, 3.63) is 36.2 Å². The average Bonchev–Trinajstić information content (AvgIpc) is 2.96. The molecule has 1 aliphatic heterocycles. The Hall–Kier alpha value is -2.28. The van der Waals surface area contributed by atoms with Crippen LogP contribution in [0.5, 0.6) is 0 Å². The molecule has 0 saturated carbocycles. The summed E-state index contributed by atoms with van der Waals surface area (Å²) < 4.78 is 1.96. The first-order chi connectivity index (χ1) is 10.7. The minimum absolute atomic E-state index is 0.0633. The van der Waals surface area contributed by atoms with Gasteiger partial charge in [0.05, 0.1) is 25.0 Å². The van der Waals surface area contributed by atoms with Crippen molar-refractivity contribution in [3.8, 4) is 0 Å². The molecule has 0 fully saturated rings. The molecule has 1 amide bonds. The number of carbonyl (C=O) groups excluding carboxylic acids is 1. The Morgan fingerprint density at radius 1 is 1.50 bits per heavy atom. The molecule has 0 aliphatic carbocycles. The molecule has 116 valence electrons. The molecule has 0 bridgehead atoms. The van der Waals surface area contributed by atoms with Gasteiger partial charge in [-0.25, -0.2) is 9.67 Å². The number of aromatic nitrogens is 4. The summed E-state index contributed by atoms with van der Waals surface area (Å²) in [4.78, 5) is 20.4. The van der Waals surface area contributed by atoms with Crippen LogP contribution in [0.2, 0.25) is 0 Å². The quantitative estimate of drug-likeness (QED) is 0.852. The summed E-state index contributed by atoms with van der Waals surface area (Å²) in [5.74, 6) is 1.88. The lowest BCUT2D eigenvalue weighted by Gasteiger charge is -2.23. The van der Waals surface area contributed by atoms with Crippen molar-refractivity contribution >= 4 is 11.6 Å². The highest BCUT2D eigenvalue weighted by molar-refractivity contribution is 5.92. The number of pyridine rings is 1. The van der Waals surface area contributed by atoms with E-state index in [4.69, 9.17) is 0 Å². The second-order valence-electron chi connectivity index (χ2n) is 5.39. The second-order valence-corrected chi connectivity index (χ2v) is 5.39. The van der Waals surface area contributed by atoms with E-state index in [0.717, 1.165) is 37.5 Å². The Balaban J connectivity index is 1.49. The number of aryl methyl sites for hydroxylation is 2. The zero-order valence-electron chi connectivity index (χ0n) is 12.6. The van der Waals surface area contributed by atoms with Crippen LogP contribution in [0.25, 0.3) is 0 Å². The summed E-state index contributed by atoms with van der Waals surface area (Å²) in [6, 6.07) is 3.86. The van der Waals surface area contributed by atoms with Crippen molar-refractivity contribution < 1.29 is 4.79 Å².